The molecule has 0 spiro atoms. The van der Waals surface area contributed by atoms with Crippen molar-refractivity contribution in [1.29, 1.82) is 0 Å². The molecular formula is C22H23N3O. The molecule has 1 aromatic heterocycles. The van der Waals surface area contributed by atoms with Crippen molar-refractivity contribution in [3.63, 3.8) is 0 Å². The topological polar surface area (TPSA) is 46.9 Å². The molecule has 1 fully saturated rings. The Morgan fingerprint density at radius 1 is 1.15 bits per heavy atom. The largest absolute Gasteiger partial charge is 0.349 e. The molecule has 3 atom stereocenters. The SMILES string of the molecule is Cn1ccnc1C[C@H](NC(=O)[C@@H]1C[C@@H]1c1ccccc1)c1ccccc1. The Bertz CT molecular complexity index is 873. The van der Waals surface area contributed by atoms with Gasteiger partial charge in [-0.3, -0.25) is 4.79 Å². The first-order chi connectivity index (χ1) is 12.7. The fourth-order valence-corrected chi connectivity index (χ4v) is 3.55. The predicted octanol–water partition coefficient (Wildman–Crippen LogP) is 3.62. The molecule has 0 unspecified atom stereocenters. The van der Waals surface area contributed by atoms with Crippen LogP contribution in [0.1, 0.15) is 35.3 Å². The molecule has 1 aliphatic carbocycles. The molecule has 2 aromatic carbocycles. The molecule has 1 aliphatic rings. The zero-order valence-electron chi connectivity index (χ0n) is 14.9. The van der Waals surface area contributed by atoms with E-state index < -0.39 is 0 Å². The van der Waals surface area contributed by atoms with Crippen molar-refractivity contribution in [2.45, 2.75) is 24.8 Å². The van der Waals surface area contributed by atoms with E-state index in [1.165, 1.54) is 5.56 Å². The van der Waals surface area contributed by atoms with Crippen LogP contribution < -0.4 is 5.32 Å². The summed E-state index contributed by atoms with van der Waals surface area (Å²) >= 11 is 0. The van der Waals surface area contributed by atoms with Gasteiger partial charge in [0, 0.05) is 31.8 Å². The third-order valence-corrected chi connectivity index (χ3v) is 5.18. The second-order valence-corrected chi connectivity index (χ2v) is 6.99. The van der Waals surface area contributed by atoms with Gasteiger partial charge in [-0.2, -0.15) is 0 Å². The van der Waals surface area contributed by atoms with Crippen LogP contribution in [0.3, 0.4) is 0 Å². The molecule has 1 heterocycles. The van der Waals surface area contributed by atoms with Gasteiger partial charge in [0.15, 0.2) is 0 Å². The number of benzene rings is 2. The van der Waals surface area contributed by atoms with Crippen molar-refractivity contribution >= 4 is 5.91 Å². The quantitative estimate of drug-likeness (QED) is 0.742. The van der Waals surface area contributed by atoms with Crippen LogP contribution in [0, 0.1) is 5.92 Å². The van der Waals surface area contributed by atoms with Gasteiger partial charge in [-0.25, -0.2) is 4.98 Å². The van der Waals surface area contributed by atoms with Gasteiger partial charge in [-0.05, 0) is 23.5 Å². The highest BCUT2D eigenvalue weighted by atomic mass is 16.2. The van der Waals surface area contributed by atoms with E-state index in [0.29, 0.717) is 12.3 Å². The van der Waals surface area contributed by atoms with Gasteiger partial charge in [0.25, 0.3) is 0 Å². The average Bonchev–Trinajstić information content (AvgIpc) is 3.39. The minimum absolute atomic E-state index is 0.0678. The number of hydrogen-bond acceptors (Lipinski definition) is 2. The minimum Gasteiger partial charge on any atom is -0.349 e. The number of hydrogen-bond donors (Lipinski definition) is 1. The molecule has 1 saturated carbocycles. The number of aryl methyl sites for hydroxylation is 1. The van der Waals surface area contributed by atoms with Gasteiger partial charge in [0.2, 0.25) is 5.91 Å². The highest BCUT2D eigenvalue weighted by molar-refractivity contribution is 5.83. The van der Waals surface area contributed by atoms with Crippen molar-refractivity contribution in [3.8, 4) is 0 Å². The summed E-state index contributed by atoms with van der Waals surface area (Å²) in [5, 5.41) is 3.27. The number of carbonyl (C=O) groups excluding carboxylic acids is 1. The molecule has 4 nitrogen and oxygen atoms in total. The lowest BCUT2D eigenvalue weighted by atomic mass is 10.0. The number of amides is 1. The van der Waals surface area contributed by atoms with Crippen molar-refractivity contribution < 1.29 is 4.79 Å². The van der Waals surface area contributed by atoms with E-state index in [2.05, 4.69) is 34.6 Å². The predicted molar refractivity (Wildman–Crippen MR) is 102 cm³/mol. The maximum Gasteiger partial charge on any atom is 0.224 e. The fraction of sp³-hybridized carbons (Fsp3) is 0.273. The molecule has 1 amide bonds. The monoisotopic (exact) mass is 345 g/mol. The van der Waals surface area contributed by atoms with Gasteiger partial charge in [0.1, 0.15) is 5.82 Å². The number of nitrogens with zero attached hydrogens (tertiary/aromatic N) is 2. The summed E-state index contributed by atoms with van der Waals surface area (Å²) in [6.45, 7) is 0. The summed E-state index contributed by atoms with van der Waals surface area (Å²) in [6.07, 6.45) is 5.35. The van der Waals surface area contributed by atoms with Crippen molar-refractivity contribution in [2.24, 2.45) is 13.0 Å². The Kier molecular flexibility index (Phi) is 4.57. The molecule has 4 heteroatoms. The van der Waals surface area contributed by atoms with Crippen LogP contribution in [0.2, 0.25) is 0 Å². The minimum atomic E-state index is -0.0678. The van der Waals surface area contributed by atoms with Gasteiger partial charge in [0.05, 0.1) is 6.04 Å². The summed E-state index contributed by atoms with van der Waals surface area (Å²) < 4.78 is 2.01. The fourth-order valence-electron chi connectivity index (χ4n) is 3.55. The van der Waals surface area contributed by atoms with Crippen LogP contribution in [0.15, 0.2) is 73.1 Å². The smallest absolute Gasteiger partial charge is 0.224 e. The average molecular weight is 345 g/mol. The molecule has 132 valence electrons. The van der Waals surface area contributed by atoms with E-state index in [1.54, 1.807) is 6.20 Å². The highest BCUT2D eigenvalue weighted by Crippen LogP contribution is 2.47. The first-order valence-electron chi connectivity index (χ1n) is 9.09. The standard InChI is InChI=1S/C22H23N3O/c1-25-13-12-23-21(25)15-20(17-10-6-3-7-11-17)24-22(26)19-14-18(19)16-8-4-2-5-9-16/h2-13,18-20H,14-15H2,1H3,(H,24,26)/t18-,19-,20+/m1/s1. The van der Waals surface area contributed by atoms with E-state index in [0.717, 1.165) is 17.8 Å². The summed E-state index contributed by atoms with van der Waals surface area (Å²) in [7, 11) is 1.98. The summed E-state index contributed by atoms with van der Waals surface area (Å²) in [6, 6.07) is 20.4. The molecule has 3 aromatic rings. The molecule has 1 N–H and O–H groups in total. The molecule has 0 bridgehead atoms. The maximum atomic E-state index is 12.8. The van der Waals surface area contributed by atoms with Gasteiger partial charge < -0.3 is 9.88 Å². The number of aromatic nitrogens is 2. The third-order valence-electron chi connectivity index (χ3n) is 5.18. The van der Waals surface area contributed by atoms with Crippen molar-refractivity contribution in [2.75, 3.05) is 0 Å². The van der Waals surface area contributed by atoms with Crippen LogP contribution in [0.25, 0.3) is 0 Å². The van der Waals surface area contributed by atoms with Crippen LogP contribution >= 0.6 is 0 Å². The molecular weight excluding hydrogens is 322 g/mol. The number of carbonyl (C=O) groups is 1. The van der Waals surface area contributed by atoms with Gasteiger partial charge in [-0.1, -0.05) is 60.7 Å². The summed E-state index contributed by atoms with van der Waals surface area (Å²) in [5.74, 6) is 1.53. The number of nitrogens with one attached hydrogen (secondary N) is 1. The van der Waals surface area contributed by atoms with Crippen molar-refractivity contribution in [1.82, 2.24) is 14.9 Å². The maximum absolute atomic E-state index is 12.8. The Hall–Kier alpha value is -2.88. The van der Waals surface area contributed by atoms with Gasteiger partial charge in [-0.15, -0.1) is 0 Å². The van der Waals surface area contributed by atoms with Crippen LogP contribution in [-0.2, 0) is 18.3 Å². The first kappa shape index (κ1) is 16.6. The zero-order valence-corrected chi connectivity index (χ0v) is 14.9. The van der Waals surface area contributed by atoms with E-state index >= 15 is 0 Å². The van der Waals surface area contributed by atoms with E-state index in [1.807, 2.05) is 54.2 Å². The van der Waals surface area contributed by atoms with Gasteiger partial charge >= 0.3 is 0 Å². The summed E-state index contributed by atoms with van der Waals surface area (Å²) in [4.78, 5) is 17.3. The van der Waals surface area contributed by atoms with Crippen LogP contribution in [-0.4, -0.2) is 15.5 Å². The van der Waals surface area contributed by atoms with Crippen LogP contribution in [0.4, 0.5) is 0 Å². The summed E-state index contributed by atoms with van der Waals surface area (Å²) in [5.41, 5.74) is 2.37. The van der Waals surface area contributed by atoms with E-state index in [4.69, 9.17) is 0 Å². The normalized spacial score (nSPS) is 19.7. The Morgan fingerprint density at radius 3 is 2.50 bits per heavy atom. The first-order valence-corrected chi connectivity index (χ1v) is 9.09. The second kappa shape index (κ2) is 7.16. The number of rotatable bonds is 6. The lowest BCUT2D eigenvalue weighted by Crippen LogP contribution is -2.32. The second-order valence-electron chi connectivity index (χ2n) is 6.99. The molecule has 0 radical (unpaired) electrons. The molecule has 26 heavy (non-hydrogen) atoms. The molecule has 4 rings (SSSR count). The zero-order chi connectivity index (χ0) is 17.9. The van der Waals surface area contributed by atoms with E-state index in [9.17, 15) is 4.79 Å². The Morgan fingerprint density at radius 2 is 1.85 bits per heavy atom. The Labute approximate surface area is 153 Å². The lowest BCUT2D eigenvalue weighted by Gasteiger charge is -2.19. The molecule has 0 aliphatic heterocycles. The Balaban J connectivity index is 1.48. The lowest BCUT2D eigenvalue weighted by molar-refractivity contribution is -0.123. The third kappa shape index (κ3) is 3.54. The highest BCUT2D eigenvalue weighted by Gasteiger charge is 2.44. The molecule has 0 saturated heterocycles. The van der Waals surface area contributed by atoms with E-state index in [-0.39, 0.29) is 17.9 Å². The number of imidazole rings is 1. The van der Waals surface area contributed by atoms with Crippen LogP contribution in [0.5, 0.6) is 0 Å². The van der Waals surface area contributed by atoms with Crippen molar-refractivity contribution in [3.05, 3.63) is 90.0 Å².